The third-order valence-electron chi connectivity index (χ3n) is 6.92. The highest BCUT2D eigenvalue weighted by Crippen LogP contribution is 2.65. The monoisotopic (exact) mass is 366 g/mol. The van der Waals surface area contributed by atoms with E-state index >= 15 is 0 Å². The molecule has 144 valence electrons. The number of ether oxygens (including phenoxy) is 2. The Morgan fingerprint density at radius 2 is 1.85 bits per heavy atom. The first-order valence-electron chi connectivity index (χ1n) is 10.2. The fourth-order valence-electron chi connectivity index (χ4n) is 5.22. The molecule has 0 radical (unpaired) electrons. The van der Waals surface area contributed by atoms with Crippen LogP contribution in [0.15, 0.2) is 41.5 Å². The Morgan fingerprint density at radius 3 is 2.67 bits per heavy atom. The highest BCUT2D eigenvalue weighted by atomic mass is 16.5. The van der Waals surface area contributed by atoms with E-state index in [0.29, 0.717) is 18.3 Å². The summed E-state index contributed by atoms with van der Waals surface area (Å²) in [6, 6.07) is 6.03. The van der Waals surface area contributed by atoms with Gasteiger partial charge in [-0.25, -0.2) is 0 Å². The maximum atomic E-state index is 12.7. The zero-order valence-corrected chi connectivity index (χ0v) is 16.9. The van der Waals surface area contributed by atoms with Crippen molar-refractivity contribution in [3.8, 4) is 11.5 Å². The van der Waals surface area contributed by atoms with E-state index in [1.807, 2.05) is 12.1 Å². The van der Waals surface area contributed by atoms with E-state index in [0.717, 1.165) is 31.4 Å². The number of hydrogen-bond donors (Lipinski definition) is 0. The molecule has 0 spiro atoms. The summed E-state index contributed by atoms with van der Waals surface area (Å²) < 4.78 is 11.6. The molecule has 1 aromatic rings. The molecule has 1 fully saturated rings. The lowest BCUT2D eigenvalue weighted by atomic mass is 9.45. The molecule has 1 aromatic carbocycles. The van der Waals surface area contributed by atoms with Gasteiger partial charge in [0, 0.05) is 12.0 Å². The topological polar surface area (TPSA) is 35.5 Å². The van der Waals surface area contributed by atoms with E-state index in [1.165, 1.54) is 16.7 Å². The van der Waals surface area contributed by atoms with Crippen LogP contribution in [0, 0.1) is 17.3 Å². The van der Waals surface area contributed by atoms with Gasteiger partial charge in [0.1, 0.15) is 18.1 Å². The first-order chi connectivity index (χ1) is 12.9. The Labute approximate surface area is 162 Å². The number of hydrogen-bond acceptors (Lipinski definition) is 3. The predicted octanol–water partition coefficient (Wildman–Crippen LogP) is 5.81. The Bertz CT molecular complexity index is 815. The number of fused-ring (bicyclic) bond motifs is 8. The summed E-state index contributed by atoms with van der Waals surface area (Å²) in [6.07, 6.45) is 8.89. The Balaban J connectivity index is 1.70. The number of rotatable bonds is 0. The van der Waals surface area contributed by atoms with E-state index in [-0.39, 0.29) is 23.2 Å². The van der Waals surface area contributed by atoms with Gasteiger partial charge in [-0.05, 0) is 68.6 Å². The zero-order chi connectivity index (χ0) is 19.2. The van der Waals surface area contributed by atoms with Gasteiger partial charge < -0.3 is 9.47 Å². The highest BCUT2D eigenvalue weighted by molar-refractivity contribution is 5.82. The van der Waals surface area contributed by atoms with E-state index in [2.05, 4.69) is 45.9 Å². The van der Waals surface area contributed by atoms with Gasteiger partial charge in [-0.15, -0.1) is 0 Å². The van der Waals surface area contributed by atoms with Gasteiger partial charge >= 0.3 is 5.97 Å². The van der Waals surface area contributed by atoms with Gasteiger partial charge in [0.05, 0.1) is 5.92 Å². The van der Waals surface area contributed by atoms with Crippen LogP contribution < -0.4 is 9.47 Å². The van der Waals surface area contributed by atoms with Gasteiger partial charge in [-0.2, -0.15) is 0 Å². The van der Waals surface area contributed by atoms with Gasteiger partial charge in [-0.1, -0.05) is 37.1 Å². The van der Waals surface area contributed by atoms with Gasteiger partial charge in [0.25, 0.3) is 0 Å². The summed E-state index contributed by atoms with van der Waals surface area (Å²) in [5.74, 6) is 2.12. The third-order valence-corrected chi connectivity index (χ3v) is 6.92. The second-order valence-electron chi connectivity index (χ2n) is 9.04. The van der Waals surface area contributed by atoms with Crippen molar-refractivity contribution in [1.82, 2.24) is 0 Å². The van der Waals surface area contributed by atoms with Crippen molar-refractivity contribution >= 4 is 5.97 Å². The van der Waals surface area contributed by atoms with Crippen LogP contribution in [0.2, 0.25) is 0 Å². The van der Waals surface area contributed by atoms with Crippen molar-refractivity contribution in [2.75, 3.05) is 6.61 Å². The number of esters is 1. The van der Waals surface area contributed by atoms with Crippen LogP contribution in [0.1, 0.15) is 64.9 Å². The highest BCUT2D eigenvalue weighted by Gasteiger charge is 2.62. The van der Waals surface area contributed by atoms with Crippen molar-refractivity contribution in [2.24, 2.45) is 17.3 Å². The minimum atomic E-state index is -0.0741. The molecule has 3 aliphatic heterocycles. The Hall–Kier alpha value is -2.03. The lowest BCUT2D eigenvalue weighted by Gasteiger charge is -2.59. The van der Waals surface area contributed by atoms with Crippen molar-refractivity contribution < 1.29 is 14.3 Å². The second kappa shape index (κ2) is 6.85. The summed E-state index contributed by atoms with van der Waals surface area (Å²) in [4.78, 5) is 12.7. The lowest BCUT2D eigenvalue weighted by molar-refractivity contribution is -0.165. The first-order valence-corrected chi connectivity index (χ1v) is 10.2. The minimum Gasteiger partial charge on any atom is -0.489 e. The predicted molar refractivity (Wildman–Crippen MR) is 107 cm³/mol. The molecule has 4 aliphatic rings. The average molecular weight is 367 g/mol. The molecule has 27 heavy (non-hydrogen) atoms. The van der Waals surface area contributed by atoms with E-state index in [4.69, 9.17) is 9.47 Å². The molecule has 1 aliphatic carbocycles. The first kappa shape index (κ1) is 18.3. The molecular weight excluding hydrogens is 336 g/mol. The molecule has 0 amide bonds. The molecule has 4 bridgehead atoms. The molecule has 3 heteroatoms. The van der Waals surface area contributed by atoms with Crippen LogP contribution >= 0.6 is 0 Å². The maximum absolute atomic E-state index is 12.7. The fourth-order valence-corrected chi connectivity index (χ4v) is 5.22. The maximum Gasteiger partial charge on any atom is 0.315 e. The fraction of sp³-hybridized carbons (Fsp3) is 0.542. The minimum absolute atomic E-state index is 0.0142. The SMILES string of the molecule is C/C1=C\COc2ccc3c(c2)OC(=O)C2C3C(CC/C(C)=C/CC1)C2(C)C. The summed E-state index contributed by atoms with van der Waals surface area (Å²) in [5.41, 5.74) is 3.97. The van der Waals surface area contributed by atoms with Gasteiger partial charge in [0.2, 0.25) is 0 Å². The van der Waals surface area contributed by atoms with Crippen LogP contribution in [0.5, 0.6) is 11.5 Å². The zero-order valence-electron chi connectivity index (χ0n) is 16.9. The van der Waals surface area contributed by atoms with Crippen molar-refractivity contribution in [3.63, 3.8) is 0 Å². The molecule has 1 saturated carbocycles. The summed E-state index contributed by atoms with van der Waals surface area (Å²) in [6.45, 7) is 9.40. The molecule has 5 rings (SSSR count). The van der Waals surface area contributed by atoms with Crippen molar-refractivity contribution in [3.05, 3.63) is 47.1 Å². The van der Waals surface area contributed by atoms with Crippen LogP contribution in [-0.2, 0) is 4.79 Å². The lowest BCUT2D eigenvalue weighted by Crippen LogP contribution is -2.58. The van der Waals surface area contributed by atoms with E-state index < -0.39 is 0 Å². The molecule has 3 heterocycles. The average Bonchev–Trinajstić information content (AvgIpc) is 2.59. The molecule has 0 N–H and O–H groups in total. The quantitative estimate of drug-likeness (QED) is 0.330. The summed E-state index contributed by atoms with van der Waals surface area (Å²) in [7, 11) is 0. The van der Waals surface area contributed by atoms with Crippen molar-refractivity contribution in [2.45, 2.75) is 59.3 Å². The molecule has 3 atom stereocenters. The van der Waals surface area contributed by atoms with E-state index in [1.54, 1.807) is 0 Å². The number of allylic oxidation sites excluding steroid dienone is 3. The number of benzene rings is 1. The van der Waals surface area contributed by atoms with Crippen LogP contribution in [0.25, 0.3) is 0 Å². The molecule has 0 aromatic heterocycles. The molecular formula is C24H30O3. The van der Waals surface area contributed by atoms with Crippen LogP contribution in [0.4, 0.5) is 0 Å². The normalized spacial score (nSPS) is 33.6. The van der Waals surface area contributed by atoms with E-state index in [9.17, 15) is 4.79 Å². The van der Waals surface area contributed by atoms with Gasteiger partial charge in [0.15, 0.2) is 0 Å². The van der Waals surface area contributed by atoms with Gasteiger partial charge in [-0.3, -0.25) is 4.79 Å². The number of carbonyl (C=O) groups excluding carboxylic acids is 1. The van der Waals surface area contributed by atoms with Crippen LogP contribution in [0.3, 0.4) is 0 Å². The third kappa shape index (κ3) is 3.22. The largest absolute Gasteiger partial charge is 0.489 e. The Kier molecular flexibility index (Phi) is 4.65. The molecule has 3 nitrogen and oxygen atoms in total. The summed E-state index contributed by atoms with van der Waals surface area (Å²) in [5, 5.41) is 0. The van der Waals surface area contributed by atoms with Crippen molar-refractivity contribution in [1.29, 1.82) is 0 Å². The molecule has 3 unspecified atom stereocenters. The van der Waals surface area contributed by atoms with Crippen LogP contribution in [-0.4, -0.2) is 12.6 Å². The second-order valence-corrected chi connectivity index (χ2v) is 9.04. The summed E-state index contributed by atoms with van der Waals surface area (Å²) >= 11 is 0. The number of carbonyl (C=O) groups is 1. The molecule has 0 saturated heterocycles. The Morgan fingerprint density at radius 1 is 1.07 bits per heavy atom. The standard InChI is InChI=1S/C24H30O3/c1-15-6-5-7-16(2)12-13-26-17-9-10-18-20(14-17)27-23(25)22-21(18)19(11-8-15)24(22,3)4/h6,9-10,12,14,19,21-22H,5,7-8,11,13H2,1-4H3/b15-6+,16-12+. The smallest absolute Gasteiger partial charge is 0.315 e.